The number of benzene rings is 12. The summed E-state index contributed by atoms with van der Waals surface area (Å²) >= 11 is 0. The fourth-order valence-electron chi connectivity index (χ4n) is 13.2. The van der Waals surface area contributed by atoms with Crippen molar-refractivity contribution in [3.05, 3.63) is 288 Å². The summed E-state index contributed by atoms with van der Waals surface area (Å²) in [6, 6.07) is 93.2. The summed E-state index contributed by atoms with van der Waals surface area (Å²) in [7, 11) is 0. The molecule has 1 heteroatoms. The van der Waals surface area contributed by atoms with Crippen LogP contribution in [-0.4, -0.2) is 0 Å². The summed E-state index contributed by atoms with van der Waals surface area (Å²) < 4.78 is 6.18. The molecule has 1 aromatic heterocycles. The van der Waals surface area contributed by atoms with Gasteiger partial charge in [0.05, 0.1) is 0 Å². The van der Waals surface area contributed by atoms with Gasteiger partial charge in [-0.3, -0.25) is 0 Å². The van der Waals surface area contributed by atoms with Crippen molar-refractivity contribution in [1.29, 1.82) is 0 Å². The second kappa shape index (κ2) is 16.7. The molecule has 0 N–H and O–H groups in total. The van der Waals surface area contributed by atoms with Crippen molar-refractivity contribution in [3.63, 3.8) is 0 Å². The SMILES string of the molecule is CC1(C)c2cc(-c3ccc4ccccc4c3)ccc2-c2ccc(C(c3ccc(-c4cccc(-c5ccc6oc7ccccc7c6c5)c4)cc3)c3ccc4c(c3)C(C)(C)c3cc(-c5ccc6ccccc6c5)ccc3-4)cc21. The first-order chi connectivity index (χ1) is 37.1. The maximum Gasteiger partial charge on any atom is 0.135 e. The third-order valence-corrected chi connectivity index (χ3v) is 17.4. The average molecular weight is 971 g/mol. The van der Waals surface area contributed by atoms with Crippen LogP contribution in [0.5, 0.6) is 0 Å². The minimum absolute atomic E-state index is 0.00663. The van der Waals surface area contributed by atoms with E-state index in [0.29, 0.717) is 0 Å². The Kier molecular flexibility index (Phi) is 9.79. The van der Waals surface area contributed by atoms with Crippen LogP contribution in [0.3, 0.4) is 0 Å². The van der Waals surface area contributed by atoms with Gasteiger partial charge in [0.2, 0.25) is 0 Å². The van der Waals surface area contributed by atoms with Gasteiger partial charge in [-0.25, -0.2) is 0 Å². The monoisotopic (exact) mass is 970 g/mol. The fraction of sp³-hybridized carbons (Fsp3) is 0.0933. The minimum atomic E-state index is -0.202. The van der Waals surface area contributed by atoms with Gasteiger partial charge in [-0.15, -0.1) is 0 Å². The summed E-state index contributed by atoms with van der Waals surface area (Å²) in [5.74, 6) is -0.00663. The fourth-order valence-corrected chi connectivity index (χ4v) is 13.2. The normalized spacial score (nSPS) is 13.9. The molecule has 0 amide bonds. The van der Waals surface area contributed by atoms with Crippen LogP contribution in [0.25, 0.3) is 110 Å². The molecule has 0 aliphatic heterocycles. The van der Waals surface area contributed by atoms with Crippen molar-refractivity contribution in [2.45, 2.75) is 44.4 Å². The van der Waals surface area contributed by atoms with E-state index in [2.05, 4.69) is 264 Å². The van der Waals surface area contributed by atoms with Gasteiger partial charge in [0.25, 0.3) is 0 Å². The highest BCUT2D eigenvalue weighted by molar-refractivity contribution is 6.06. The number of hydrogen-bond donors (Lipinski definition) is 0. The first kappa shape index (κ1) is 44.4. The molecule has 1 nitrogen and oxygen atoms in total. The van der Waals surface area contributed by atoms with Crippen molar-refractivity contribution in [2.75, 3.05) is 0 Å². The van der Waals surface area contributed by atoms with Crippen LogP contribution in [0.4, 0.5) is 0 Å². The second-order valence-electron chi connectivity index (χ2n) is 22.4. The predicted molar refractivity (Wildman–Crippen MR) is 319 cm³/mol. The van der Waals surface area contributed by atoms with E-state index in [9.17, 15) is 0 Å². The smallest absolute Gasteiger partial charge is 0.135 e. The minimum Gasteiger partial charge on any atom is -0.456 e. The van der Waals surface area contributed by atoms with Crippen molar-refractivity contribution in [1.82, 2.24) is 0 Å². The van der Waals surface area contributed by atoms with Crippen LogP contribution in [-0.2, 0) is 10.8 Å². The average Bonchev–Trinajstić information content (AvgIpc) is 4.16. The first-order valence-electron chi connectivity index (χ1n) is 26.8. The summed E-state index contributed by atoms with van der Waals surface area (Å²) in [5, 5.41) is 7.35. The molecule has 0 saturated heterocycles. The molecular weight excluding hydrogens is 917 g/mol. The molecule has 15 rings (SSSR count). The number of furan rings is 1. The Hall–Kier alpha value is -9.04. The van der Waals surface area contributed by atoms with Crippen molar-refractivity contribution < 1.29 is 4.42 Å². The molecule has 360 valence electrons. The van der Waals surface area contributed by atoms with E-state index >= 15 is 0 Å². The zero-order valence-electron chi connectivity index (χ0n) is 43.2. The standard InChI is InChI=1S/C75H54O/c1-74(2)67-42-57(54-26-22-46-12-5-7-14-50(46)39-54)28-33-61(67)63-35-30-59(44-69(63)74)73(49-24-20-48(21-25-49)52-16-11-17-53(38-52)56-32-37-72-66(41-56)65-18-9-10-19-71(65)76-72)60-31-36-64-62-34-29-58(43-68(62)75(3,4)70(64)45-60)55-27-23-47-13-6-8-15-51(47)40-55/h5-45,73H,1-4H3. The van der Waals surface area contributed by atoms with Gasteiger partial charge in [0.1, 0.15) is 11.2 Å². The Morgan fingerprint density at radius 3 is 1.24 bits per heavy atom. The molecule has 1 heterocycles. The third kappa shape index (κ3) is 6.99. The van der Waals surface area contributed by atoms with E-state index < -0.39 is 0 Å². The molecule has 2 aliphatic carbocycles. The lowest BCUT2D eigenvalue weighted by Gasteiger charge is -2.27. The zero-order valence-corrected chi connectivity index (χ0v) is 43.2. The van der Waals surface area contributed by atoms with Gasteiger partial charge in [-0.2, -0.15) is 0 Å². The van der Waals surface area contributed by atoms with E-state index in [1.807, 2.05) is 12.1 Å². The Balaban J connectivity index is 0.818. The molecule has 0 atom stereocenters. The molecule has 13 aromatic rings. The van der Waals surface area contributed by atoms with E-state index in [4.69, 9.17) is 4.42 Å². The number of fused-ring (bicyclic) bond motifs is 11. The topological polar surface area (TPSA) is 13.1 Å². The summed E-state index contributed by atoms with van der Waals surface area (Å²) in [5.41, 5.74) is 25.9. The maximum atomic E-state index is 6.18. The van der Waals surface area contributed by atoms with Crippen LogP contribution in [0.1, 0.15) is 72.6 Å². The molecule has 0 unspecified atom stereocenters. The van der Waals surface area contributed by atoms with Gasteiger partial charge in [0.15, 0.2) is 0 Å². The van der Waals surface area contributed by atoms with Gasteiger partial charge in [-0.1, -0.05) is 228 Å². The van der Waals surface area contributed by atoms with Crippen LogP contribution in [0.15, 0.2) is 253 Å². The lowest BCUT2D eigenvalue weighted by Crippen LogP contribution is -2.17. The lowest BCUT2D eigenvalue weighted by atomic mass is 9.77. The van der Waals surface area contributed by atoms with E-state index in [1.54, 1.807) is 0 Å². The third-order valence-electron chi connectivity index (χ3n) is 17.4. The quantitative estimate of drug-likeness (QED) is 0.145. The van der Waals surface area contributed by atoms with Crippen molar-refractivity contribution >= 4 is 43.5 Å². The molecule has 0 fully saturated rings. The number of rotatable bonds is 7. The molecule has 76 heavy (non-hydrogen) atoms. The Bertz CT molecular complexity index is 4330. The molecule has 2 aliphatic rings. The van der Waals surface area contributed by atoms with Crippen LogP contribution < -0.4 is 0 Å². The maximum absolute atomic E-state index is 6.18. The highest BCUT2D eigenvalue weighted by atomic mass is 16.3. The largest absolute Gasteiger partial charge is 0.456 e. The van der Waals surface area contributed by atoms with E-state index in [-0.39, 0.29) is 16.7 Å². The number of para-hydroxylation sites is 1. The second-order valence-corrected chi connectivity index (χ2v) is 22.4. The molecular formula is C75H54O. The Labute approximate surface area is 444 Å². The van der Waals surface area contributed by atoms with Crippen molar-refractivity contribution in [2.24, 2.45) is 0 Å². The van der Waals surface area contributed by atoms with E-state index in [0.717, 1.165) is 21.9 Å². The van der Waals surface area contributed by atoms with Crippen LogP contribution in [0, 0.1) is 0 Å². The van der Waals surface area contributed by atoms with Gasteiger partial charge in [-0.05, 0) is 176 Å². The van der Waals surface area contributed by atoms with Gasteiger partial charge < -0.3 is 4.42 Å². The summed E-state index contributed by atoms with van der Waals surface area (Å²) in [6.07, 6.45) is 0. The van der Waals surface area contributed by atoms with Gasteiger partial charge >= 0.3 is 0 Å². The van der Waals surface area contributed by atoms with Crippen LogP contribution >= 0.6 is 0 Å². The molecule has 0 spiro atoms. The van der Waals surface area contributed by atoms with Crippen molar-refractivity contribution in [3.8, 4) is 66.8 Å². The molecule has 0 saturated carbocycles. The zero-order chi connectivity index (χ0) is 50.9. The Morgan fingerprint density at radius 1 is 0.263 bits per heavy atom. The summed E-state index contributed by atoms with van der Waals surface area (Å²) in [4.78, 5) is 0. The van der Waals surface area contributed by atoms with E-state index in [1.165, 1.54) is 127 Å². The highest BCUT2D eigenvalue weighted by Gasteiger charge is 2.39. The predicted octanol–water partition coefficient (Wildman–Crippen LogP) is 20.4. The molecule has 0 bridgehead atoms. The summed E-state index contributed by atoms with van der Waals surface area (Å²) in [6.45, 7) is 9.67. The first-order valence-corrected chi connectivity index (χ1v) is 26.8. The Morgan fingerprint density at radius 2 is 0.658 bits per heavy atom. The number of hydrogen-bond acceptors (Lipinski definition) is 1. The molecule has 0 radical (unpaired) electrons. The lowest BCUT2D eigenvalue weighted by molar-refractivity contribution is 0.657. The highest BCUT2D eigenvalue weighted by Crippen LogP contribution is 2.54. The molecule has 12 aromatic carbocycles. The van der Waals surface area contributed by atoms with Gasteiger partial charge in [0, 0.05) is 27.5 Å². The van der Waals surface area contributed by atoms with Crippen LogP contribution in [0.2, 0.25) is 0 Å².